The van der Waals surface area contributed by atoms with E-state index < -0.39 is 5.97 Å². The van der Waals surface area contributed by atoms with Crippen LogP contribution in [0.3, 0.4) is 0 Å². The van der Waals surface area contributed by atoms with Crippen LogP contribution in [0.5, 0.6) is 11.5 Å². The number of methoxy groups -OCH3 is 1. The molecular weight excluding hydrogens is 474 g/mol. The highest BCUT2D eigenvalue weighted by Gasteiger charge is 2.16. The maximum atomic E-state index is 11.8. The van der Waals surface area contributed by atoms with E-state index in [1.807, 2.05) is 30.3 Å². The third-order valence-electron chi connectivity index (χ3n) is 4.72. The van der Waals surface area contributed by atoms with E-state index in [1.54, 1.807) is 55.7 Å². The van der Waals surface area contributed by atoms with Crippen molar-refractivity contribution >= 4 is 35.4 Å². The van der Waals surface area contributed by atoms with Gasteiger partial charge in [0.05, 0.1) is 12.7 Å². The summed E-state index contributed by atoms with van der Waals surface area (Å²) in [7, 11) is 1.54. The number of H-pyrrole nitrogens is 1. The highest BCUT2D eigenvalue weighted by Crippen LogP contribution is 2.33. The summed E-state index contributed by atoms with van der Waals surface area (Å²) in [5, 5.41) is 17.4. The number of carboxylic acid groups (broad SMARTS) is 1. The Labute approximate surface area is 205 Å². The average Bonchev–Trinajstić information content (AvgIpc) is 3.32. The SMILES string of the molecule is COc1ccc(Cl)cc1-c1nc(S/C(=C\c2ccc(OCc3ccccc3)cc2)C(=O)O)n[nH]1. The fourth-order valence-electron chi connectivity index (χ4n) is 3.06. The fraction of sp³-hybridized carbons (Fsp3) is 0.0800. The van der Waals surface area contributed by atoms with Crippen LogP contribution in [0.4, 0.5) is 0 Å². The van der Waals surface area contributed by atoms with E-state index in [-0.39, 0.29) is 10.1 Å². The number of carbonyl (C=O) groups is 1. The molecule has 0 saturated heterocycles. The third kappa shape index (κ3) is 5.98. The zero-order valence-electron chi connectivity index (χ0n) is 18.1. The van der Waals surface area contributed by atoms with Crippen LogP contribution in [0.15, 0.2) is 82.9 Å². The topological polar surface area (TPSA) is 97.3 Å². The first-order valence-electron chi connectivity index (χ1n) is 10.2. The Morgan fingerprint density at radius 3 is 2.59 bits per heavy atom. The summed E-state index contributed by atoms with van der Waals surface area (Å²) >= 11 is 7.03. The van der Waals surface area contributed by atoms with Gasteiger partial charge in [-0.25, -0.2) is 9.78 Å². The van der Waals surface area contributed by atoms with Gasteiger partial charge in [0.25, 0.3) is 0 Å². The maximum Gasteiger partial charge on any atom is 0.342 e. The second kappa shape index (κ2) is 10.9. The fourth-order valence-corrected chi connectivity index (χ4v) is 3.94. The zero-order valence-corrected chi connectivity index (χ0v) is 19.6. The van der Waals surface area contributed by atoms with Crippen molar-refractivity contribution in [2.75, 3.05) is 7.11 Å². The first-order chi connectivity index (χ1) is 16.5. The van der Waals surface area contributed by atoms with Crippen LogP contribution in [0.1, 0.15) is 11.1 Å². The van der Waals surface area contributed by atoms with Gasteiger partial charge >= 0.3 is 5.97 Å². The van der Waals surface area contributed by atoms with Gasteiger partial charge in [0.1, 0.15) is 23.0 Å². The van der Waals surface area contributed by atoms with Gasteiger partial charge in [0.2, 0.25) is 5.16 Å². The molecule has 0 fully saturated rings. The van der Waals surface area contributed by atoms with E-state index >= 15 is 0 Å². The van der Waals surface area contributed by atoms with Crippen molar-refractivity contribution in [2.24, 2.45) is 0 Å². The largest absolute Gasteiger partial charge is 0.496 e. The summed E-state index contributed by atoms with van der Waals surface area (Å²) in [6.07, 6.45) is 1.56. The van der Waals surface area contributed by atoms with Gasteiger partial charge in [-0.2, -0.15) is 0 Å². The highest BCUT2D eigenvalue weighted by atomic mass is 35.5. The molecule has 1 aromatic heterocycles. The third-order valence-corrected chi connectivity index (χ3v) is 5.83. The molecule has 0 aliphatic rings. The summed E-state index contributed by atoms with van der Waals surface area (Å²) in [6.45, 7) is 0.455. The molecule has 0 bridgehead atoms. The molecule has 0 amide bonds. The second-order valence-electron chi connectivity index (χ2n) is 7.07. The van der Waals surface area contributed by atoms with Crippen molar-refractivity contribution < 1.29 is 19.4 Å². The Bertz CT molecular complexity index is 1310. The van der Waals surface area contributed by atoms with Gasteiger partial charge in [0.15, 0.2) is 5.82 Å². The Kier molecular flexibility index (Phi) is 7.51. The van der Waals surface area contributed by atoms with Crippen molar-refractivity contribution in [3.05, 3.63) is 93.9 Å². The highest BCUT2D eigenvalue weighted by molar-refractivity contribution is 8.04. The summed E-state index contributed by atoms with van der Waals surface area (Å²) in [5.41, 5.74) is 2.41. The van der Waals surface area contributed by atoms with Gasteiger partial charge < -0.3 is 14.6 Å². The van der Waals surface area contributed by atoms with E-state index in [0.29, 0.717) is 40.1 Å². The molecule has 172 valence electrons. The molecule has 9 heteroatoms. The standard InChI is InChI=1S/C25H20ClN3O4S/c1-32-21-12-9-18(26)14-20(21)23-27-25(29-28-23)34-22(24(30)31)13-16-7-10-19(11-8-16)33-15-17-5-3-2-4-6-17/h2-14H,15H2,1H3,(H,30,31)(H,27,28,29)/b22-13-. The number of hydrogen-bond donors (Lipinski definition) is 2. The molecule has 0 unspecified atom stereocenters. The number of nitrogens with one attached hydrogen (secondary N) is 1. The van der Waals surface area contributed by atoms with Crippen LogP contribution >= 0.6 is 23.4 Å². The number of thioether (sulfide) groups is 1. The van der Waals surface area contributed by atoms with Gasteiger partial charge in [-0.05, 0) is 59.3 Å². The van der Waals surface area contributed by atoms with Crippen molar-refractivity contribution in [1.29, 1.82) is 0 Å². The number of aromatic nitrogens is 3. The molecule has 0 atom stereocenters. The molecule has 0 saturated carbocycles. The predicted octanol–water partition coefficient (Wildman–Crippen LogP) is 5.93. The lowest BCUT2D eigenvalue weighted by Crippen LogP contribution is -1.97. The average molecular weight is 494 g/mol. The lowest BCUT2D eigenvalue weighted by atomic mass is 10.2. The molecule has 0 spiro atoms. The minimum Gasteiger partial charge on any atom is -0.496 e. The summed E-state index contributed by atoms with van der Waals surface area (Å²) in [6, 6.07) is 22.2. The van der Waals surface area contributed by atoms with Gasteiger partial charge in [-0.1, -0.05) is 54.1 Å². The number of hydrogen-bond acceptors (Lipinski definition) is 6. The number of aliphatic carboxylic acids is 1. The number of halogens is 1. The minimum atomic E-state index is -1.08. The minimum absolute atomic E-state index is 0.0709. The van der Waals surface area contributed by atoms with E-state index in [1.165, 1.54) is 0 Å². The maximum absolute atomic E-state index is 11.8. The van der Waals surface area contributed by atoms with Crippen LogP contribution in [0.25, 0.3) is 17.5 Å². The Balaban J connectivity index is 1.47. The molecule has 1 heterocycles. The van der Waals surface area contributed by atoms with E-state index in [0.717, 1.165) is 17.3 Å². The van der Waals surface area contributed by atoms with E-state index in [9.17, 15) is 9.90 Å². The molecule has 0 radical (unpaired) electrons. The monoisotopic (exact) mass is 493 g/mol. The molecule has 4 aromatic rings. The van der Waals surface area contributed by atoms with Crippen molar-refractivity contribution in [3.63, 3.8) is 0 Å². The number of benzene rings is 3. The number of carboxylic acids is 1. The van der Waals surface area contributed by atoms with Crippen LogP contribution in [0.2, 0.25) is 5.02 Å². The number of nitrogens with zero attached hydrogens (tertiary/aromatic N) is 2. The Morgan fingerprint density at radius 1 is 1.12 bits per heavy atom. The normalized spacial score (nSPS) is 11.3. The Morgan fingerprint density at radius 2 is 1.88 bits per heavy atom. The molecule has 34 heavy (non-hydrogen) atoms. The smallest absolute Gasteiger partial charge is 0.342 e. The second-order valence-corrected chi connectivity index (χ2v) is 8.52. The molecule has 7 nitrogen and oxygen atoms in total. The number of aromatic amines is 1. The number of rotatable bonds is 9. The molecule has 2 N–H and O–H groups in total. The predicted molar refractivity (Wildman–Crippen MR) is 132 cm³/mol. The number of ether oxygens (including phenoxy) is 2. The summed E-state index contributed by atoms with van der Waals surface area (Å²) in [5.74, 6) is 0.605. The van der Waals surface area contributed by atoms with Crippen molar-refractivity contribution in [1.82, 2.24) is 15.2 Å². The molecular formula is C25H20ClN3O4S. The van der Waals surface area contributed by atoms with Crippen molar-refractivity contribution in [2.45, 2.75) is 11.8 Å². The van der Waals surface area contributed by atoms with Gasteiger partial charge in [-0.3, -0.25) is 5.10 Å². The first-order valence-corrected chi connectivity index (χ1v) is 11.4. The van der Waals surface area contributed by atoms with Crippen molar-refractivity contribution in [3.8, 4) is 22.9 Å². The first kappa shape index (κ1) is 23.4. The van der Waals surface area contributed by atoms with Gasteiger partial charge in [-0.15, -0.1) is 5.10 Å². The molecule has 0 aliphatic carbocycles. The summed E-state index contributed by atoms with van der Waals surface area (Å²) < 4.78 is 11.1. The lowest BCUT2D eigenvalue weighted by Gasteiger charge is -2.07. The van der Waals surface area contributed by atoms with E-state index in [4.69, 9.17) is 21.1 Å². The van der Waals surface area contributed by atoms with Crippen LogP contribution in [-0.4, -0.2) is 33.4 Å². The molecule has 4 rings (SSSR count). The Hall–Kier alpha value is -3.75. The van der Waals surface area contributed by atoms with E-state index in [2.05, 4.69) is 15.2 Å². The van der Waals surface area contributed by atoms with Crippen LogP contribution in [-0.2, 0) is 11.4 Å². The lowest BCUT2D eigenvalue weighted by molar-refractivity contribution is -0.131. The summed E-state index contributed by atoms with van der Waals surface area (Å²) in [4.78, 5) is 16.3. The van der Waals surface area contributed by atoms with Gasteiger partial charge in [0, 0.05) is 5.02 Å². The van der Waals surface area contributed by atoms with Crippen LogP contribution < -0.4 is 9.47 Å². The van der Waals surface area contributed by atoms with Crippen LogP contribution in [0, 0.1) is 0 Å². The zero-order chi connectivity index (χ0) is 23.9. The quantitative estimate of drug-likeness (QED) is 0.220. The molecule has 0 aliphatic heterocycles. The molecule has 3 aromatic carbocycles.